The Kier molecular flexibility index (Phi) is 8.15. The SMILES string of the molecule is C[C@H](OC1CCCCO1)c1nccn1[C@@H](C#Cc1ccc(-c2ccc([C@@H](C)O)cc2)cc1)CO. The maximum atomic E-state index is 10.0. The summed E-state index contributed by atoms with van der Waals surface area (Å²) in [7, 11) is 0. The van der Waals surface area contributed by atoms with E-state index < -0.39 is 12.1 Å². The third-order valence-corrected chi connectivity index (χ3v) is 6.06. The molecule has 178 valence electrons. The highest BCUT2D eigenvalue weighted by atomic mass is 16.7. The molecule has 0 amide bonds. The smallest absolute Gasteiger partial charge is 0.158 e. The highest BCUT2D eigenvalue weighted by Crippen LogP contribution is 2.25. The zero-order valence-electron chi connectivity index (χ0n) is 19.7. The minimum Gasteiger partial charge on any atom is -0.393 e. The molecule has 2 aromatic carbocycles. The Morgan fingerprint density at radius 1 is 1.09 bits per heavy atom. The Balaban J connectivity index is 1.45. The molecular weight excluding hydrogens is 428 g/mol. The van der Waals surface area contributed by atoms with Crippen LogP contribution in [-0.2, 0) is 9.47 Å². The van der Waals surface area contributed by atoms with Crippen LogP contribution < -0.4 is 0 Å². The number of ether oxygens (including phenoxy) is 2. The number of aliphatic hydroxyl groups is 2. The van der Waals surface area contributed by atoms with E-state index in [0.29, 0.717) is 0 Å². The number of nitrogens with zero attached hydrogens (tertiary/aromatic N) is 2. The van der Waals surface area contributed by atoms with Gasteiger partial charge in [0.2, 0.25) is 0 Å². The van der Waals surface area contributed by atoms with Crippen molar-refractivity contribution in [3.05, 3.63) is 77.9 Å². The Morgan fingerprint density at radius 2 is 1.79 bits per heavy atom. The van der Waals surface area contributed by atoms with Crippen LogP contribution in [0.15, 0.2) is 60.9 Å². The predicted molar refractivity (Wildman–Crippen MR) is 131 cm³/mol. The molecule has 1 aromatic heterocycles. The fourth-order valence-electron chi connectivity index (χ4n) is 4.08. The lowest BCUT2D eigenvalue weighted by Gasteiger charge is -2.26. The van der Waals surface area contributed by atoms with Crippen molar-refractivity contribution in [1.82, 2.24) is 9.55 Å². The zero-order chi connectivity index (χ0) is 23.9. The van der Waals surface area contributed by atoms with Gasteiger partial charge in [0.1, 0.15) is 18.0 Å². The number of hydrogen-bond donors (Lipinski definition) is 2. The van der Waals surface area contributed by atoms with Crippen molar-refractivity contribution < 1.29 is 19.7 Å². The minimum absolute atomic E-state index is 0.128. The lowest BCUT2D eigenvalue weighted by molar-refractivity contribution is -0.188. The number of imidazole rings is 1. The molecule has 0 radical (unpaired) electrons. The first-order valence-electron chi connectivity index (χ1n) is 11.9. The maximum absolute atomic E-state index is 10.0. The molecule has 34 heavy (non-hydrogen) atoms. The van der Waals surface area contributed by atoms with Gasteiger partial charge in [-0.2, -0.15) is 0 Å². The van der Waals surface area contributed by atoms with Gasteiger partial charge in [0.05, 0.1) is 12.7 Å². The molecule has 1 aliphatic heterocycles. The molecule has 6 heteroatoms. The second kappa shape index (κ2) is 11.5. The fraction of sp³-hybridized carbons (Fsp3) is 0.393. The molecule has 0 saturated carbocycles. The first-order valence-corrected chi connectivity index (χ1v) is 11.9. The Bertz CT molecular complexity index is 1100. The van der Waals surface area contributed by atoms with Crippen LogP contribution in [0.25, 0.3) is 11.1 Å². The van der Waals surface area contributed by atoms with Crippen molar-refractivity contribution in [3.8, 4) is 23.0 Å². The van der Waals surface area contributed by atoms with E-state index in [4.69, 9.17) is 9.47 Å². The van der Waals surface area contributed by atoms with Crippen LogP contribution in [0.3, 0.4) is 0 Å². The van der Waals surface area contributed by atoms with E-state index in [9.17, 15) is 10.2 Å². The average Bonchev–Trinajstić information content (AvgIpc) is 3.35. The number of rotatable bonds is 7. The van der Waals surface area contributed by atoms with Crippen LogP contribution >= 0.6 is 0 Å². The molecule has 2 N–H and O–H groups in total. The van der Waals surface area contributed by atoms with E-state index in [0.717, 1.165) is 53.9 Å². The lowest BCUT2D eigenvalue weighted by atomic mass is 10.0. The second-order valence-electron chi connectivity index (χ2n) is 8.61. The molecule has 6 nitrogen and oxygen atoms in total. The monoisotopic (exact) mass is 460 g/mol. The van der Waals surface area contributed by atoms with E-state index in [1.54, 1.807) is 13.1 Å². The van der Waals surface area contributed by atoms with E-state index in [2.05, 4.69) is 16.8 Å². The highest BCUT2D eigenvalue weighted by Gasteiger charge is 2.22. The van der Waals surface area contributed by atoms with Crippen LogP contribution in [0.4, 0.5) is 0 Å². The van der Waals surface area contributed by atoms with Gasteiger partial charge in [0.15, 0.2) is 6.29 Å². The summed E-state index contributed by atoms with van der Waals surface area (Å²) in [5, 5.41) is 19.7. The maximum Gasteiger partial charge on any atom is 0.158 e. The van der Waals surface area contributed by atoms with Crippen LogP contribution in [0.1, 0.15) is 68.3 Å². The van der Waals surface area contributed by atoms with Crippen LogP contribution in [0.2, 0.25) is 0 Å². The summed E-state index contributed by atoms with van der Waals surface area (Å²) in [6.07, 6.45) is 5.63. The van der Waals surface area contributed by atoms with E-state index >= 15 is 0 Å². The predicted octanol–water partition coefficient (Wildman–Crippen LogP) is 4.79. The summed E-state index contributed by atoms with van der Waals surface area (Å²) >= 11 is 0. The van der Waals surface area contributed by atoms with Crippen LogP contribution in [-0.4, -0.2) is 39.3 Å². The van der Waals surface area contributed by atoms with Crippen molar-refractivity contribution in [2.75, 3.05) is 13.2 Å². The fourth-order valence-corrected chi connectivity index (χ4v) is 4.08. The van der Waals surface area contributed by atoms with Gasteiger partial charge in [-0.05, 0) is 61.9 Å². The zero-order valence-corrected chi connectivity index (χ0v) is 19.7. The Morgan fingerprint density at radius 3 is 2.41 bits per heavy atom. The number of hydrogen-bond acceptors (Lipinski definition) is 5. The number of aliphatic hydroxyl groups excluding tert-OH is 2. The quantitative estimate of drug-likeness (QED) is 0.496. The second-order valence-corrected chi connectivity index (χ2v) is 8.61. The van der Waals surface area contributed by atoms with Crippen LogP contribution in [0, 0.1) is 11.8 Å². The molecule has 1 saturated heterocycles. The first-order chi connectivity index (χ1) is 16.5. The normalized spacial score (nSPS) is 18.5. The summed E-state index contributed by atoms with van der Waals surface area (Å²) < 4.78 is 13.6. The van der Waals surface area contributed by atoms with Gasteiger partial charge in [-0.25, -0.2) is 4.98 Å². The molecule has 4 rings (SSSR count). The van der Waals surface area contributed by atoms with E-state index in [1.165, 1.54) is 0 Å². The summed E-state index contributed by atoms with van der Waals surface area (Å²) in [4.78, 5) is 4.46. The summed E-state index contributed by atoms with van der Waals surface area (Å²) in [6, 6.07) is 15.5. The standard InChI is InChI=1S/C28H32N2O4/c1-20(32)23-11-13-25(14-12-23)24-9-6-22(7-10-24)8-15-26(19-31)30-17-16-29-28(30)21(2)34-27-5-3-4-18-33-27/h6-7,9-14,16-17,20-21,26-27,31-32H,3-5,18-19H2,1-2H3/t20-,21+,26+,27?/m1/s1. The van der Waals surface area contributed by atoms with Gasteiger partial charge in [0.25, 0.3) is 0 Å². The summed E-state index contributed by atoms with van der Waals surface area (Å²) in [6.45, 7) is 4.30. The van der Waals surface area contributed by atoms with Gasteiger partial charge < -0.3 is 24.3 Å². The van der Waals surface area contributed by atoms with E-state index in [1.807, 2.05) is 66.2 Å². The van der Waals surface area contributed by atoms with Gasteiger partial charge in [-0.15, -0.1) is 0 Å². The topological polar surface area (TPSA) is 76.7 Å². The lowest BCUT2D eigenvalue weighted by Crippen LogP contribution is -2.25. The van der Waals surface area contributed by atoms with Crippen molar-refractivity contribution in [3.63, 3.8) is 0 Å². The molecule has 0 aliphatic carbocycles. The largest absolute Gasteiger partial charge is 0.393 e. The third-order valence-electron chi connectivity index (χ3n) is 6.06. The molecular formula is C28H32N2O4. The van der Waals surface area contributed by atoms with Gasteiger partial charge in [-0.3, -0.25) is 0 Å². The Labute approximate surface area is 201 Å². The highest BCUT2D eigenvalue weighted by molar-refractivity contribution is 5.64. The number of benzene rings is 2. The summed E-state index contributed by atoms with van der Waals surface area (Å²) in [5.41, 5.74) is 3.92. The molecule has 1 aliphatic rings. The summed E-state index contributed by atoms with van der Waals surface area (Å²) in [5.74, 6) is 7.07. The van der Waals surface area contributed by atoms with Crippen molar-refractivity contribution >= 4 is 0 Å². The number of aromatic nitrogens is 2. The molecule has 4 atom stereocenters. The van der Waals surface area contributed by atoms with Crippen LogP contribution in [0.5, 0.6) is 0 Å². The first kappa shape index (κ1) is 24.2. The average molecular weight is 461 g/mol. The minimum atomic E-state index is -0.475. The molecule has 1 fully saturated rings. The van der Waals surface area contributed by atoms with Gasteiger partial charge in [0, 0.05) is 24.6 Å². The van der Waals surface area contributed by atoms with Crippen molar-refractivity contribution in [1.29, 1.82) is 0 Å². The van der Waals surface area contributed by atoms with Gasteiger partial charge in [-0.1, -0.05) is 48.2 Å². The molecule has 1 unspecified atom stereocenters. The molecule has 0 spiro atoms. The Hall–Kier alpha value is -2.95. The molecule has 3 aromatic rings. The van der Waals surface area contributed by atoms with Crippen molar-refractivity contribution in [2.24, 2.45) is 0 Å². The van der Waals surface area contributed by atoms with E-state index in [-0.39, 0.29) is 19.0 Å². The van der Waals surface area contributed by atoms with Crippen molar-refractivity contribution in [2.45, 2.75) is 57.6 Å². The van der Waals surface area contributed by atoms with Gasteiger partial charge >= 0.3 is 0 Å². The molecule has 2 heterocycles. The third kappa shape index (κ3) is 5.94. The molecule has 0 bridgehead atoms.